The predicted octanol–water partition coefficient (Wildman–Crippen LogP) is 2.50. The summed E-state index contributed by atoms with van der Waals surface area (Å²) in [4.78, 5) is 4.74. The van der Waals surface area contributed by atoms with Crippen molar-refractivity contribution in [3.8, 4) is 0 Å². The molecular weight excluding hydrogens is 192 g/mol. The van der Waals surface area contributed by atoms with Crippen molar-refractivity contribution in [2.24, 2.45) is 16.3 Å². The monoisotopic (exact) mass is 212 g/mol. The fourth-order valence-electron chi connectivity index (χ4n) is 1.65. The first-order valence-electron chi connectivity index (χ1n) is 5.46. The SMILES string of the molecule is CC(C)[C@H]1CSC(=NC2CC2(C)C)N1. The van der Waals surface area contributed by atoms with Gasteiger partial charge in [-0.3, -0.25) is 4.99 Å². The molecule has 0 bridgehead atoms. The van der Waals surface area contributed by atoms with Gasteiger partial charge in [-0.15, -0.1) is 0 Å². The summed E-state index contributed by atoms with van der Waals surface area (Å²) < 4.78 is 0. The zero-order valence-electron chi connectivity index (χ0n) is 9.50. The van der Waals surface area contributed by atoms with Crippen molar-refractivity contribution >= 4 is 16.9 Å². The summed E-state index contributed by atoms with van der Waals surface area (Å²) in [6.07, 6.45) is 1.26. The van der Waals surface area contributed by atoms with Gasteiger partial charge in [-0.2, -0.15) is 0 Å². The van der Waals surface area contributed by atoms with Gasteiger partial charge in [-0.25, -0.2) is 0 Å². The highest BCUT2D eigenvalue weighted by Crippen LogP contribution is 2.47. The van der Waals surface area contributed by atoms with E-state index in [0.29, 0.717) is 23.4 Å². The van der Waals surface area contributed by atoms with E-state index < -0.39 is 0 Å². The van der Waals surface area contributed by atoms with Crippen molar-refractivity contribution in [2.75, 3.05) is 5.75 Å². The van der Waals surface area contributed by atoms with E-state index in [-0.39, 0.29) is 0 Å². The van der Waals surface area contributed by atoms with E-state index in [1.165, 1.54) is 17.3 Å². The molecule has 2 nitrogen and oxygen atoms in total. The lowest BCUT2D eigenvalue weighted by molar-refractivity contribution is 0.502. The molecule has 1 N–H and O–H groups in total. The standard InChI is InChI=1S/C11H20N2S/c1-7(2)8-6-14-10(12-8)13-9-5-11(9,3)4/h7-9H,5-6H2,1-4H3,(H,12,13)/t8-,9?/m1/s1. The number of nitrogens with zero attached hydrogens (tertiary/aromatic N) is 1. The second-order valence-electron chi connectivity index (χ2n) is 5.45. The smallest absolute Gasteiger partial charge is 0.157 e. The predicted molar refractivity (Wildman–Crippen MR) is 63.8 cm³/mol. The zero-order valence-corrected chi connectivity index (χ0v) is 10.3. The molecule has 0 spiro atoms. The summed E-state index contributed by atoms with van der Waals surface area (Å²) in [5, 5.41) is 4.69. The topological polar surface area (TPSA) is 24.4 Å². The highest BCUT2D eigenvalue weighted by atomic mass is 32.2. The lowest BCUT2D eigenvalue weighted by atomic mass is 10.1. The Kier molecular flexibility index (Phi) is 2.54. The van der Waals surface area contributed by atoms with Crippen LogP contribution >= 0.6 is 11.8 Å². The van der Waals surface area contributed by atoms with E-state index in [1.54, 1.807) is 0 Å². The molecule has 1 saturated heterocycles. The van der Waals surface area contributed by atoms with Gasteiger partial charge in [0.25, 0.3) is 0 Å². The van der Waals surface area contributed by atoms with Crippen molar-refractivity contribution in [1.82, 2.24) is 5.32 Å². The molecule has 14 heavy (non-hydrogen) atoms. The third-order valence-electron chi connectivity index (χ3n) is 3.25. The Hall–Kier alpha value is -0.180. The van der Waals surface area contributed by atoms with Crippen LogP contribution < -0.4 is 5.32 Å². The first-order chi connectivity index (χ1) is 6.49. The Morgan fingerprint density at radius 3 is 2.57 bits per heavy atom. The van der Waals surface area contributed by atoms with Crippen LogP contribution in [0.1, 0.15) is 34.1 Å². The summed E-state index contributed by atoms with van der Waals surface area (Å²) in [6.45, 7) is 9.12. The number of thioether (sulfide) groups is 1. The van der Waals surface area contributed by atoms with Gasteiger partial charge in [0.2, 0.25) is 0 Å². The minimum Gasteiger partial charge on any atom is -0.361 e. The molecule has 1 aliphatic heterocycles. The number of rotatable bonds is 2. The molecule has 3 heteroatoms. The molecule has 0 radical (unpaired) electrons. The van der Waals surface area contributed by atoms with Crippen molar-refractivity contribution in [3.05, 3.63) is 0 Å². The largest absolute Gasteiger partial charge is 0.361 e. The Balaban J connectivity index is 1.90. The molecule has 0 aromatic heterocycles. The Morgan fingerprint density at radius 1 is 1.50 bits per heavy atom. The lowest BCUT2D eigenvalue weighted by Crippen LogP contribution is -2.31. The number of hydrogen-bond donors (Lipinski definition) is 1. The minimum absolute atomic E-state index is 0.463. The van der Waals surface area contributed by atoms with Gasteiger partial charge in [-0.05, 0) is 17.8 Å². The molecular formula is C11H20N2S. The molecule has 0 aromatic carbocycles. The number of nitrogens with one attached hydrogen (secondary N) is 1. The summed E-state index contributed by atoms with van der Waals surface area (Å²) in [5.74, 6) is 1.89. The third-order valence-corrected chi connectivity index (χ3v) is 4.27. The second kappa shape index (κ2) is 3.44. The third kappa shape index (κ3) is 2.08. The molecule has 2 fully saturated rings. The fraction of sp³-hybridized carbons (Fsp3) is 0.909. The van der Waals surface area contributed by atoms with Crippen LogP contribution in [0, 0.1) is 11.3 Å². The summed E-state index contributed by atoms with van der Waals surface area (Å²) in [5.41, 5.74) is 0.463. The Bertz CT molecular complexity index is 258. The van der Waals surface area contributed by atoms with Gasteiger partial charge in [0.1, 0.15) is 0 Å². The molecule has 1 heterocycles. The summed E-state index contributed by atoms with van der Waals surface area (Å²) in [6, 6.07) is 1.20. The lowest BCUT2D eigenvalue weighted by Gasteiger charge is -2.13. The molecule has 1 aliphatic carbocycles. The second-order valence-corrected chi connectivity index (χ2v) is 6.46. The van der Waals surface area contributed by atoms with Crippen LogP contribution in [-0.2, 0) is 0 Å². The molecule has 80 valence electrons. The van der Waals surface area contributed by atoms with Crippen LogP contribution in [0.4, 0.5) is 0 Å². The zero-order chi connectivity index (χ0) is 10.3. The van der Waals surface area contributed by atoms with Crippen molar-refractivity contribution in [1.29, 1.82) is 0 Å². The van der Waals surface area contributed by atoms with Gasteiger partial charge in [0, 0.05) is 11.8 Å². The maximum Gasteiger partial charge on any atom is 0.157 e. The molecule has 2 atom stereocenters. The van der Waals surface area contributed by atoms with Crippen molar-refractivity contribution in [3.63, 3.8) is 0 Å². The average Bonchev–Trinajstić information content (AvgIpc) is 2.51. The van der Waals surface area contributed by atoms with Crippen LogP contribution in [0.5, 0.6) is 0 Å². The Morgan fingerprint density at radius 2 is 2.14 bits per heavy atom. The van der Waals surface area contributed by atoms with Gasteiger partial charge < -0.3 is 5.32 Å². The van der Waals surface area contributed by atoms with Crippen LogP contribution in [0.15, 0.2) is 4.99 Å². The maximum atomic E-state index is 4.74. The first kappa shape index (κ1) is 10.3. The van der Waals surface area contributed by atoms with E-state index in [9.17, 15) is 0 Å². The quantitative estimate of drug-likeness (QED) is 0.760. The van der Waals surface area contributed by atoms with E-state index >= 15 is 0 Å². The van der Waals surface area contributed by atoms with Crippen molar-refractivity contribution < 1.29 is 0 Å². The van der Waals surface area contributed by atoms with E-state index in [0.717, 1.165) is 0 Å². The fourth-order valence-corrected chi connectivity index (χ4v) is 2.89. The first-order valence-corrected chi connectivity index (χ1v) is 6.45. The normalized spacial score (nSPS) is 37.6. The molecule has 0 aromatic rings. The van der Waals surface area contributed by atoms with Gasteiger partial charge in [-0.1, -0.05) is 39.5 Å². The van der Waals surface area contributed by atoms with E-state index in [2.05, 4.69) is 33.0 Å². The van der Waals surface area contributed by atoms with Crippen molar-refractivity contribution in [2.45, 2.75) is 46.2 Å². The summed E-state index contributed by atoms with van der Waals surface area (Å²) in [7, 11) is 0. The number of aliphatic imine (C=N–C) groups is 1. The average molecular weight is 212 g/mol. The summed E-state index contributed by atoms with van der Waals surface area (Å²) >= 11 is 1.89. The highest BCUT2D eigenvalue weighted by molar-refractivity contribution is 8.14. The molecule has 1 saturated carbocycles. The van der Waals surface area contributed by atoms with Crippen LogP contribution in [0.25, 0.3) is 0 Å². The van der Waals surface area contributed by atoms with E-state index in [1.807, 2.05) is 11.8 Å². The van der Waals surface area contributed by atoms with E-state index in [4.69, 9.17) is 4.99 Å². The molecule has 2 aliphatic rings. The van der Waals surface area contributed by atoms with Gasteiger partial charge in [0.15, 0.2) is 5.17 Å². The molecule has 0 amide bonds. The Labute approximate surface area is 90.9 Å². The maximum absolute atomic E-state index is 4.74. The van der Waals surface area contributed by atoms with Crippen LogP contribution in [0.3, 0.4) is 0 Å². The molecule has 2 rings (SSSR count). The van der Waals surface area contributed by atoms with Gasteiger partial charge >= 0.3 is 0 Å². The number of hydrogen-bond acceptors (Lipinski definition) is 2. The van der Waals surface area contributed by atoms with Gasteiger partial charge in [0.05, 0.1) is 6.04 Å². The highest BCUT2D eigenvalue weighted by Gasteiger charge is 2.46. The minimum atomic E-state index is 0.463. The number of amidine groups is 1. The molecule has 1 unspecified atom stereocenters. The van der Waals surface area contributed by atoms with Crippen LogP contribution in [0.2, 0.25) is 0 Å². The van der Waals surface area contributed by atoms with Crippen LogP contribution in [-0.4, -0.2) is 23.0 Å².